The topological polar surface area (TPSA) is 36.0 Å². The number of benzene rings is 24. The lowest BCUT2D eigenvalue weighted by atomic mass is 9.78. The van der Waals surface area contributed by atoms with Crippen LogP contribution in [0.1, 0.15) is 49.9 Å². The second-order valence-corrected chi connectivity index (χ2v) is 40.4. The lowest BCUT2D eigenvalue weighted by Gasteiger charge is -2.27. The Morgan fingerprint density at radius 2 is 0.496 bits per heavy atom. The molecule has 2 aliphatic rings. The van der Waals surface area contributed by atoms with Crippen molar-refractivity contribution < 1.29 is 8.83 Å². The Bertz CT molecular complexity index is 10000. The van der Waals surface area contributed by atoms with Gasteiger partial charge in [-0.25, -0.2) is 0 Å². The molecule has 0 saturated heterocycles. The molecule has 4 heterocycles. The number of hydrogen-bond acceptors (Lipinski definition) is 7. The van der Waals surface area contributed by atoms with Crippen molar-refractivity contribution in [3.8, 4) is 22.3 Å². The third-order valence-corrected chi connectivity index (χ3v) is 32.3. The zero-order valence-corrected chi connectivity index (χ0v) is 78.4. The fourth-order valence-electron chi connectivity index (χ4n) is 23.9. The predicted octanol–water partition coefficient (Wildman–Crippen LogP) is 39.0. The zero-order chi connectivity index (χ0) is 92.0. The molecule has 2 aliphatic carbocycles. The third-order valence-electron chi connectivity index (χ3n) is 30.0. The number of nitrogens with zero attached hydrogens (tertiary/aromatic N) is 3. The van der Waals surface area contributed by atoms with Crippen LogP contribution >= 0.6 is 22.7 Å². The van der Waals surface area contributed by atoms with Crippen LogP contribution in [0.3, 0.4) is 0 Å². The van der Waals surface area contributed by atoms with E-state index in [0.717, 1.165) is 95.1 Å². The standard InChI is InChI=1S/C45H31NO.C45H31NS.C42H25NOS/c1-45(2)39-18-10-8-17-37(39)43-36-16-7-6-15-35(36)42-32-24-21-30(26-28(32)20-23-38(42)44(43)45)46(29-12-4-3-5-13-29)31-22-25-34-33-14-9-11-19-40(33)47-41(34)27-31;1-45(2)39-18-10-8-17-36(39)43-35-16-7-6-15-34(35)42-32-24-21-30(26-28(32)20-23-37(42)44(43)45)46(29-12-4-3-5-13-29)31-22-25-41-38(27-31)33-14-9-11-19-40(33)47-41;1-2-10-27(11-3-1)43(29-20-23-32-31-12-6-8-16-37(31)44-38(32)25-29)28-19-22-30-26(24-28)18-21-36-40(30)33-13-4-5-14-34(33)42-41(36)35-15-7-9-17-39(35)45-42/h2*3-27H,1-2H3;1-25H. The van der Waals surface area contributed by atoms with Crippen molar-refractivity contribution in [3.63, 3.8) is 0 Å². The molecule has 30 rings (SSSR count). The largest absolute Gasteiger partial charge is 0.456 e. The van der Waals surface area contributed by atoms with Crippen molar-refractivity contribution in [2.24, 2.45) is 0 Å². The highest BCUT2D eigenvalue weighted by Crippen LogP contribution is 2.59. The summed E-state index contributed by atoms with van der Waals surface area (Å²) in [4.78, 5) is 7.05. The molecule has 139 heavy (non-hydrogen) atoms. The first-order chi connectivity index (χ1) is 68.5. The Morgan fingerprint density at radius 1 is 0.187 bits per heavy atom. The van der Waals surface area contributed by atoms with E-state index < -0.39 is 0 Å². The van der Waals surface area contributed by atoms with E-state index >= 15 is 0 Å². The molecule has 0 spiro atoms. The summed E-state index contributed by atoms with van der Waals surface area (Å²) >= 11 is 3.76. The van der Waals surface area contributed by atoms with Gasteiger partial charge in [0.05, 0.1) is 0 Å². The van der Waals surface area contributed by atoms with E-state index in [1.54, 1.807) is 0 Å². The van der Waals surface area contributed by atoms with Gasteiger partial charge in [0.1, 0.15) is 22.3 Å². The maximum Gasteiger partial charge on any atom is 0.137 e. The number of rotatable bonds is 9. The molecule has 0 bridgehead atoms. The zero-order valence-electron chi connectivity index (χ0n) is 76.8. The first-order valence-electron chi connectivity index (χ1n) is 48.0. The Balaban J connectivity index is 0.000000103. The summed E-state index contributed by atoms with van der Waals surface area (Å²) in [5.41, 5.74) is 24.6. The van der Waals surface area contributed by atoms with Gasteiger partial charge in [-0.15, -0.1) is 22.7 Å². The Labute approximate surface area is 810 Å². The predicted molar refractivity (Wildman–Crippen MR) is 596 cm³/mol. The lowest BCUT2D eigenvalue weighted by molar-refractivity contribution is 0.666. The van der Waals surface area contributed by atoms with Gasteiger partial charge in [0.25, 0.3) is 0 Å². The van der Waals surface area contributed by atoms with Crippen molar-refractivity contribution in [3.05, 3.63) is 477 Å². The van der Waals surface area contributed by atoms with E-state index in [-0.39, 0.29) is 10.8 Å². The van der Waals surface area contributed by atoms with Crippen molar-refractivity contribution in [1.29, 1.82) is 0 Å². The van der Waals surface area contributed by atoms with Crippen LogP contribution in [0.2, 0.25) is 0 Å². The van der Waals surface area contributed by atoms with Crippen LogP contribution in [0.15, 0.2) is 464 Å². The van der Waals surface area contributed by atoms with E-state index in [1.165, 1.54) is 182 Å². The van der Waals surface area contributed by atoms with Gasteiger partial charge in [-0.05, 0) is 276 Å². The Hall–Kier alpha value is -16.9. The van der Waals surface area contributed by atoms with E-state index in [0.29, 0.717) is 0 Å². The normalized spacial score (nSPS) is 13.0. The monoisotopic (exact) mass is 1810 g/mol. The fraction of sp³-hybridized carbons (Fsp3) is 0.0455. The first kappa shape index (κ1) is 80.5. The molecular formula is C132H87N3O2S2. The lowest BCUT2D eigenvalue weighted by Crippen LogP contribution is -2.15. The first-order valence-corrected chi connectivity index (χ1v) is 49.6. The highest BCUT2D eigenvalue weighted by atomic mass is 32.1. The van der Waals surface area contributed by atoms with Gasteiger partial charge >= 0.3 is 0 Å². The maximum atomic E-state index is 6.32. The van der Waals surface area contributed by atoms with Crippen LogP contribution in [-0.2, 0) is 10.8 Å². The van der Waals surface area contributed by atoms with Gasteiger partial charge in [0.2, 0.25) is 0 Å². The second kappa shape index (κ2) is 31.3. The highest BCUT2D eigenvalue weighted by Gasteiger charge is 2.41. The van der Waals surface area contributed by atoms with Crippen molar-refractivity contribution in [2.75, 3.05) is 14.7 Å². The molecule has 28 aromatic rings. The molecule has 0 amide bonds. The van der Waals surface area contributed by atoms with Gasteiger partial charge in [-0.3, -0.25) is 0 Å². The molecule has 7 heteroatoms. The Morgan fingerprint density at radius 3 is 0.957 bits per heavy atom. The average molecular weight is 1810 g/mol. The number of hydrogen-bond donors (Lipinski definition) is 0. The highest BCUT2D eigenvalue weighted by molar-refractivity contribution is 7.27. The molecule has 654 valence electrons. The molecule has 24 aromatic carbocycles. The van der Waals surface area contributed by atoms with Crippen molar-refractivity contribution >= 4 is 255 Å². The molecule has 0 fully saturated rings. The molecule has 0 N–H and O–H groups in total. The van der Waals surface area contributed by atoms with Crippen LogP contribution < -0.4 is 14.7 Å². The number of thiophene rings is 2. The van der Waals surface area contributed by atoms with Gasteiger partial charge in [0.15, 0.2) is 0 Å². The molecular weight excluding hydrogens is 1720 g/mol. The van der Waals surface area contributed by atoms with Crippen LogP contribution in [0.4, 0.5) is 51.2 Å². The minimum Gasteiger partial charge on any atom is -0.456 e. The van der Waals surface area contributed by atoms with E-state index in [4.69, 9.17) is 8.83 Å². The van der Waals surface area contributed by atoms with Gasteiger partial charge in [-0.2, -0.15) is 0 Å². The quantitative estimate of drug-likeness (QED) is 0.135. The van der Waals surface area contributed by atoms with E-state index in [2.05, 4.69) is 473 Å². The molecule has 4 aromatic heterocycles. The summed E-state index contributed by atoms with van der Waals surface area (Å²) in [7, 11) is 0. The molecule has 0 aliphatic heterocycles. The molecule has 0 saturated carbocycles. The van der Waals surface area contributed by atoms with Gasteiger partial charge in [-0.1, -0.05) is 331 Å². The molecule has 0 radical (unpaired) electrons. The minimum absolute atomic E-state index is 0.0869. The van der Waals surface area contributed by atoms with E-state index in [1.807, 2.05) is 46.9 Å². The smallest absolute Gasteiger partial charge is 0.137 e. The van der Waals surface area contributed by atoms with Crippen LogP contribution in [0.25, 0.3) is 203 Å². The summed E-state index contributed by atoms with van der Waals surface area (Å²) in [6.07, 6.45) is 0. The van der Waals surface area contributed by atoms with Gasteiger partial charge < -0.3 is 23.5 Å². The van der Waals surface area contributed by atoms with Gasteiger partial charge in [0, 0.05) is 141 Å². The molecule has 0 atom stereocenters. The summed E-state index contributed by atoms with van der Waals surface area (Å²) in [5.74, 6) is 0. The maximum absolute atomic E-state index is 6.32. The summed E-state index contributed by atoms with van der Waals surface area (Å²) in [6, 6.07) is 166. The average Bonchev–Trinajstić information content (AvgIpc) is 1.55. The SMILES string of the molecule is CC1(C)c2ccccc2-c2c1c1ccc3cc(N(c4ccccc4)c4ccc5c(c4)oc4ccccc45)ccc3c1c1ccccc21.CC1(C)c2ccccc2-c2c1c1ccc3cc(N(c4ccccc4)c4ccc5sc6ccccc6c5c4)ccc3c1c1ccccc21.c1ccc(N(c2ccc3c(ccc4c3c3ccccc3c3sc5ccccc5c43)c2)c2ccc3c(c2)oc2ccccc23)cc1. The third kappa shape index (κ3) is 12.5. The van der Waals surface area contributed by atoms with Crippen LogP contribution in [-0.4, -0.2) is 0 Å². The molecule has 0 unspecified atom stereocenters. The fourth-order valence-corrected chi connectivity index (χ4v) is 26.2. The number of anilines is 9. The minimum atomic E-state index is -0.0960. The number of furan rings is 2. The van der Waals surface area contributed by atoms with Crippen molar-refractivity contribution in [2.45, 2.75) is 38.5 Å². The van der Waals surface area contributed by atoms with E-state index in [9.17, 15) is 0 Å². The number of para-hydroxylation sites is 5. The number of fused-ring (bicyclic) bond motifs is 39. The summed E-state index contributed by atoms with van der Waals surface area (Å²) < 4.78 is 18.0. The molecule has 5 nitrogen and oxygen atoms in total. The summed E-state index contributed by atoms with van der Waals surface area (Å²) in [5, 5.41) is 33.3. The van der Waals surface area contributed by atoms with Crippen LogP contribution in [0, 0.1) is 0 Å². The van der Waals surface area contributed by atoms with Crippen LogP contribution in [0.5, 0.6) is 0 Å². The second-order valence-electron chi connectivity index (χ2n) is 38.3. The Kier molecular flexibility index (Phi) is 18.1. The van der Waals surface area contributed by atoms with Crippen molar-refractivity contribution in [1.82, 2.24) is 0 Å². The summed E-state index contributed by atoms with van der Waals surface area (Å²) in [6.45, 7) is 9.56.